The molecule has 4 nitrogen and oxygen atoms in total. The van der Waals surface area contributed by atoms with Crippen LogP contribution in [0, 0.1) is 11.3 Å². The summed E-state index contributed by atoms with van der Waals surface area (Å²) in [4.78, 5) is 28.9. The molecule has 0 bridgehead atoms. The fraction of sp³-hybridized carbons (Fsp3) is 0.310. The van der Waals surface area contributed by atoms with Crippen LogP contribution in [0.5, 0.6) is 0 Å². The molecule has 1 N–H and O–H groups in total. The van der Waals surface area contributed by atoms with Gasteiger partial charge in [-0.3, -0.25) is 9.69 Å². The van der Waals surface area contributed by atoms with E-state index in [1.54, 1.807) is 0 Å². The molecule has 170 valence electrons. The van der Waals surface area contributed by atoms with Crippen molar-refractivity contribution in [3.63, 3.8) is 0 Å². The molecule has 33 heavy (non-hydrogen) atoms. The summed E-state index contributed by atoms with van der Waals surface area (Å²) >= 11 is 0. The lowest BCUT2D eigenvalue weighted by Gasteiger charge is -2.30. The zero-order valence-electron chi connectivity index (χ0n) is 19.7. The van der Waals surface area contributed by atoms with E-state index in [-0.39, 0.29) is 41.3 Å². The maximum atomic E-state index is 13.9. The third kappa shape index (κ3) is 4.56. The smallest absolute Gasteiger partial charge is 0.325 e. The zero-order chi connectivity index (χ0) is 23.6. The molecule has 0 heterocycles. The van der Waals surface area contributed by atoms with E-state index in [1.807, 2.05) is 92.7 Å². The molecule has 3 aromatic carbocycles. The van der Waals surface area contributed by atoms with Crippen LogP contribution in [0.1, 0.15) is 62.4 Å². The summed E-state index contributed by atoms with van der Waals surface area (Å²) in [7, 11) is 0. The summed E-state index contributed by atoms with van der Waals surface area (Å²) in [5, 5.41) is 3.06. The van der Waals surface area contributed by atoms with Crippen LogP contribution < -0.4 is 5.32 Å². The molecule has 4 rings (SSSR count). The minimum absolute atomic E-state index is 0.0935. The van der Waals surface area contributed by atoms with Crippen molar-refractivity contribution < 1.29 is 9.59 Å². The summed E-state index contributed by atoms with van der Waals surface area (Å²) in [5.74, 6) is -0.275. The summed E-state index contributed by atoms with van der Waals surface area (Å²) in [5.41, 5.74) is 2.87. The second-order valence-corrected chi connectivity index (χ2v) is 9.56. The fourth-order valence-electron chi connectivity index (χ4n) is 4.96. The number of nitrogens with one attached hydrogen (secondary N) is 1. The van der Waals surface area contributed by atoms with Gasteiger partial charge < -0.3 is 5.32 Å². The highest BCUT2D eigenvalue weighted by Gasteiger charge is 2.63. The van der Waals surface area contributed by atoms with E-state index < -0.39 is 0 Å². The van der Waals surface area contributed by atoms with Gasteiger partial charge in [0.1, 0.15) is 0 Å². The van der Waals surface area contributed by atoms with Crippen LogP contribution in [0.15, 0.2) is 91.0 Å². The number of rotatable bonds is 6. The first-order chi connectivity index (χ1) is 15.8. The molecule has 1 saturated carbocycles. The van der Waals surface area contributed by atoms with Crippen molar-refractivity contribution in [2.45, 2.75) is 45.7 Å². The first-order valence-electron chi connectivity index (χ1n) is 11.6. The van der Waals surface area contributed by atoms with E-state index in [9.17, 15) is 9.59 Å². The molecule has 4 atom stereocenters. The van der Waals surface area contributed by atoms with E-state index in [1.165, 1.54) is 4.90 Å². The highest BCUT2D eigenvalue weighted by atomic mass is 16.2. The van der Waals surface area contributed by atoms with Gasteiger partial charge in [-0.2, -0.15) is 0 Å². The highest BCUT2D eigenvalue weighted by Crippen LogP contribution is 2.65. The van der Waals surface area contributed by atoms with Crippen molar-refractivity contribution in [1.29, 1.82) is 0 Å². The molecule has 1 fully saturated rings. The van der Waals surface area contributed by atoms with Crippen LogP contribution >= 0.6 is 0 Å². The Balaban J connectivity index is 1.63. The van der Waals surface area contributed by atoms with Gasteiger partial charge in [0.05, 0.1) is 18.0 Å². The molecule has 3 aromatic rings. The zero-order valence-corrected chi connectivity index (χ0v) is 19.7. The molecule has 0 aliphatic heterocycles. The summed E-state index contributed by atoms with van der Waals surface area (Å²) in [6.45, 7) is 8.09. The van der Waals surface area contributed by atoms with E-state index in [2.05, 4.69) is 31.3 Å². The number of benzene rings is 3. The second-order valence-electron chi connectivity index (χ2n) is 9.56. The van der Waals surface area contributed by atoms with E-state index >= 15 is 0 Å². The predicted octanol–water partition coefficient (Wildman–Crippen LogP) is 6.49. The van der Waals surface area contributed by atoms with Crippen LogP contribution in [0.2, 0.25) is 0 Å². The van der Waals surface area contributed by atoms with Crippen LogP contribution in [-0.4, -0.2) is 16.8 Å². The van der Waals surface area contributed by atoms with Crippen molar-refractivity contribution in [2.24, 2.45) is 11.3 Å². The van der Waals surface area contributed by atoms with Gasteiger partial charge in [0.2, 0.25) is 5.91 Å². The van der Waals surface area contributed by atoms with Gasteiger partial charge in [0, 0.05) is 5.92 Å². The molecule has 4 heteroatoms. The van der Waals surface area contributed by atoms with Gasteiger partial charge >= 0.3 is 6.03 Å². The van der Waals surface area contributed by atoms with Crippen molar-refractivity contribution in [1.82, 2.24) is 10.2 Å². The van der Waals surface area contributed by atoms with Gasteiger partial charge in [-0.15, -0.1) is 0 Å². The van der Waals surface area contributed by atoms with Gasteiger partial charge in [-0.25, -0.2) is 4.79 Å². The average Bonchev–Trinajstić information content (AvgIpc) is 3.42. The Morgan fingerprint density at radius 3 is 1.82 bits per heavy atom. The fourth-order valence-corrected chi connectivity index (χ4v) is 4.96. The van der Waals surface area contributed by atoms with Crippen molar-refractivity contribution in [2.75, 3.05) is 0 Å². The van der Waals surface area contributed by atoms with Crippen LogP contribution in [-0.2, 0) is 4.79 Å². The maximum Gasteiger partial charge on any atom is 0.325 e. The third-order valence-electron chi connectivity index (χ3n) is 7.02. The molecular formula is C29H32N2O2. The van der Waals surface area contributed by atoms with Crippen molar-refractivity contribution >= 4 is 11.9 Å². The lowest BCUT2D eigenvalue weighted by atomic mass is 10.0. The average molecular weight is 441 g/mol. The topological polar surface area (TPSA) is 49.4 Å². The molecule has 3 amide bonds. The van der Waals surface area contributed by atoms with Crippen LogP contribution in [0.25, 0.3) is 0 Å². The minimum Gasteiger partial charge on any atom is -0.331 e. The normalized spacial score (nSPS) is 20.4. The SMILES string of the molecule is C[C@H](NC(=O)N(C(=O)[C@@H]1[C@@H](c2ccccc2)C1(C)C)[C@@H](C)c1ccccc1)c1ccccc1. The van der Waals surface area contributed by atoms with Gasteiger partial charge in [0.25, 0.3) is 0 Å². The Hall–Kier alpha value is -3.40. The Labute approximate surface area is 196 Å². The second kappa shape index (κ2) is 9.22. The Kier molecular flexibility index (Phi) is 6.37. The number of carbonyl (C=O) groups excluding carboxylic acids is 2. The first-order valence-corrected chi connectivity index (χ1v) is 11.6. The molecular weight excluding hydrogens is 408 g/mol. The van der Waals surface area contributed by atoms with Crippen molar-refractivity contribution in [3.05, 3.63) is 108 Å². The van der Waals surface area contributed by atoms with E-state index in [4.69, 9.17) is 0 Å². The Morgan fingerprint density at radius 1 is 0.788 bits per heavy atom. The molecule has 1 aliphatic rings. The summed E-state index contributed by atoms with van der Waals surface area (Å²) in [6, 6.07) is 28.7. The maximum absolute atomic E-state index is 13.9. The molecule has 0 aromatic heterocycles. The van der Waals surface area contributed by atoms with Crippen LogP contribution in [0.3, 0.4) is 0 Å². The van der Waals surface area contributed by atoms with E-state index in [0.717, 1.165) is 16.7 Å². The minimum atomic E-state index is -0.380. The molecule has 1 aliphatic carbocycles. The quantitative estimate of drug-likeness (QED) is 0.476. The van der Waals surface area contributed by atoms with Gasteiger partial charge in [0.15, 0.2) is 0 Å². The number of urea groups is 1. The predicted molar refractivity (Wildman–Crippen MR) is 132 cm³/mol. The monoisotopic (exact) mass is 440 g/mol. The molecule has 0 saturated heterocycles. The van der Waals surface area contributed by atoms with E-state index in [0.29, 0.717) is 0 Å². The molecule has 0 unspecified atom stereocenters. The lowest BCUT2D eigenvalue weighted by Crippen LogP contribution is -2.47. The lowest BCUT2D eigenvalue weighted by molar-refractivity contribution is -0.132. The van der Waals surface area contributed by atoms with Crippen molar-refractivity contribution in [3.8, 4) is 0 Å². The Bertz CT molecular complexity index is 1100. The number of amides is 3. The summed E-state index contributed by atoms with van der Waals surface area (Å²) < 4.78 is 0. The van der Waals surface area contributed by atoms with Gasteiger partial charge in [-0.1, -0.05) is 105 Å². The van der Waals surface area contributed by atoms with Gasteiger partial charge in [-0.05, 0) is 36.0 Å². The largest absolute Gasteiger partial charge is 0.331 e. The first kappa shape index (κ1) is 22.8. The van der Waals surface area contributed by atoms with Crippen LogP contribution in [0.4, 0.5) is 4.79 Å². The number of carbonyl (C=O) groups is 2. The number of hydrogen-bond acceptors (Lipinski definition) is 2. The Morgan fingerprint density at radius 2 is 1.27 bits per heavy atom. The molecule has 0 spiro atoms. The number of imide groups is 1. The standard InChI is InChI=1S/C29H32N2O2/c1-20(22-14-8-5-9-15-22)30-28(33)31(21(2)23-16-10-6-11-17-23)27(32)26-25(29(26,3)4)24-18-12-7-13-19-24/h5-21,25-26H,1-4H3,(H,30,33)/t20-,21-,25+,26-/m0/s1. The number of hydrogen-bond donors (Lipinski definition) is 1. The third-order valence-corrected chi connectivity index (χ3v) is 7.02. The number of nitrogens with zero attached hydrogens (tertiary/aromatic N) is 1. The highest BCUT2D eigenvalue weighted by molar-refractivity contribution is 5.98. The summed E-state index contributed by atoms with van der Waals surface area (Å²) in [6.07, 6.45) is 0. The molecule has 0 radical (unpaired) electrons.